The maximum Gasteiger partial charge on any atom is 0.410 e. The summed E-state index contributed by atoms with van der Waals surface area (Å²) in [7, 11) is 1.40. The average Bonchev–Trinajstić information content (AvgIpc) is 3.42. The molecule has 0 radical (unpaired) electrons. The summed E-state index contributed by atoms with van der Waals surface area (Å²) in [5.41, 5.74) is 0.974. The lowest BCUT2D eigenvalue weighted by Gasteiger charge is -2.36. The minimum Gasteiger partial charge on any atom is -0.468 e. The molecular formula is C22H33N5O5. The monoisotopic (exact) mass is 447 g/mol. The SMILES string of the molecule is COC(=O)[C@@H]1CCCN1C1CC(=O)N(c2cnn3c2CN(C(=O)OC(C)(C)C)[C@@H](C)C3)C1. The Morgan fingerprint density at radius 1 is 1.22 bits per heavy atom. The van der Waals surface area contributed by atoms with E-state index in [2.05, 4.69) is 10.00 Å². The molecule has 10 nitrogen and oxygen atoms in total. The Morgan fingerprint density at radius 3 is 2.66 bits per heavy atom. The summed E-state index contributed by atoms with van der Waals surface area (Å²) >= 11 is 0. The first kappa shape index (κ1) is 22.6. The molecule has 10 heteroatoms. The number of likely N-dealkylation sites (tertiary alicyclic amines) is 1. The number of anilines is 1. The maximum atomic E-state index is 13.0. The molecule has 2 amide bonds. The van der Waals surface area contributed by atoms with Gasteiger partial charge in [0, 0.05) is 19.0 Å². The third-order valence-electron chi connectivity index (χ3n) is 6.48. The lowest BCUT2D eigenvalue weighted by Crippen LogP contribution is -2.47. The van der Waals surface area contributed by atoms with Gasteiger partial charge in [-0.2, -0.15) is 5.10 Å². The highest BCUT2D eigenvalue weighted by molar-refractivity contribution is 5.97. The molecule has 4 rings (SSSR count). The van der Waals surface area contributed by atoms with Gasteiger partial charge in [0.1, 0.15) is 11.6 Å². The van der Waals surface area contributed by atoms with Gasteiger partial charge in [-0.15, -0.1) is 0 Å². The molecule has 176 valence electrons. The van der Waals surface area contributed by atoms with Gasteiger partial charge >= 0.3 is 12.1 Å². The van der Waals surface area contributed by atoms with Crippen LogP contribution in [0.25, 0.3) is 0 Å². The van der Waals surface area contributed by atoms with Gasteiger partial charge in [0.05, 0.1) is 43.8 Å². The average molecular weight is 448 g/mol. The van der Waals surface area contributed by atoms with Gasteiger partial charge in [0.15, 0.2) is 0 Å². The highest BCUT2D eigenvalue weighted by Crippen LogP contribution is 2.33. The van der Waals surface area contributed by atoms with Crippen LogP contribution in [0.5, 0.6) is 0 Å². The van der Waals surface area contributed by atoms with Crippen molar-refractivity contribution in [2.75, 3.05) is 25.1 Å². The highest BCUT2D eigenvalue weighted by atomic mass is 16.6. The number of amides is 2. The van der Waals surface area contributed by atoms with E-state index in [4.69, 9.17) is 9.47 Å². The van der Waals surface area contributed by atoms with E-state index >= 15 is 0 Å². The van der Waals surface area contributed by atoms with Crippen molar-refractivity contribution in [2.45, 2.75) is 83.8 Å². The fourth-order valence-corrected chi connectivity index (χ4v) is 4.94. The van der Waals surface area contributed by atoms with Crippen LogP contribution in [0.15, 0.2) is 6.20 Å². The van der Waals surface area contributed by atoms with Crippen molar-refractivity contribution in [3.05, 3.63) is 11.9 Å². The van der Waals surface area contributed by atoms with Crippen LogP contribution in [0.1, 0.15) is 52.7 Å². The number of nitrogens with zero attached hydrogens (tertiary/aromatic N) is 5. The molecule has 1 unspecified atom stereocenters. The second-order valence-electron chi connectivity index (χ2n) is 9.90. The standard InChI is InChI=1S/C22H33N5O5/c1-14-11-27-18(13-25(14)21(30)32-22(2,3)4)17(10-23-27)26-12-15(9-19(26)28)24-8-6-7-16(24)20(29)31-5/h10,14-16H,6-9,11-13H2,1-5H3/t14-,15?,16-/m0/s1. The third kappa shape index (κ3) is 4.20. The molecule has 0 saturated carbocycles. The molecule has 32 heavy (non-hydrogen) atoms. The minimum atomic E-state index is -0.582. The van der Waals surface area contributed by atoms with Crippen LogP contribution < -0.4 is 4.90 Å². The van der Waals surface area contributed by atoms with Crippen LogP contribution in [-0.4, -0.2) is 81.5 Å². The first-order valence-corrected chi connectivity index (χ1v) is 11.3. The third-order valence-corrected chi connectivity index (χ3v) is 6.48. The summed E-state index contributed by atoms with van der Waals surface area (Å²) in [6, 6.07) is -0.408. The molecule has 0 spiro atoms. The van der Waals surface area contributed by atoms with Crippen LogP contribution >= 0.6 is 0 Å². The first-order valence-electron chi connectivity index (χ1n) is 11.3. The van der Waals surface area contributed by atoms with Gasteiger partial charge in [-0.3, -0.25) is 24.1 Å². The van der Waals surface area contributed by atoms with Gasteiger partial charge in [-0.1, -0.05) is 0 Å². The quantitative estimate of drug-likeness (QED) is 0.652. The van der Waals surface area contributed by atoms with Crippen LogP contribution in [-0.2, 0) is 32.2 Å². The lowest BCUT2D eigenvalue weighted by atomic mass is 10.1. The van der Waals surface area contributed by atoms with Crippen molar-refractivity contribution in [2.24, 2.45) is 0 Å². The summed E-state index contributed by atoms with van der Waals surface area (Å²) in [6.45, 7) is 9.64. The maximum absolute atomic E-state index is 13.0. The molecule has 3 atom stereocenters. The number of hydrogen-bond donors (Lipinski definition) is 0. The second-order valence-corrected chi connectivity index (χ2v) is 9.90. The zero-order chi connectivity index (χ0) is 23.2. The van der Waals surface area contributed by atoms with E-state index in [-0.39, 0.29) is 36.1 Å². The molecule has 0 aliphatic carbocycles. The Bertz CT molecular complexity index is 907. The van der Waals surface area contributed by atoms with E-state index in [0.29, 0.717) is 26.1 Å². The molecule has 0 bridgehead atoms. The summed E-state index contributed by atoms with van der Waals surface area (Å²) in [6.07, 6.45) is 3.36. The molecule has 1 aromatic rings. The number of esters is 1. The van der Waals surface area contributed by atoms with E-state index in [9.17, 15) is 14.4 Å². The molecule has 4 heterocycles. The molecule has 2 saturated heterocycles. The van der Waals surface area contributed by atoms with Crippen LogP contribution in [0.4, 0.5) is 10.5 Å². The minimum absolute atomic E-state index is 0.00348. The predicted octanol–water partition coefficient (Wildman–Crippen LogP) is 1.76. The fraction of sp³-hybridized carbons (Fsp3) is 0.727. The Hall–Kier alpha value is -2.62. The molecule has 2 fully saturated rings. The number of carbonyl (C=O) groups is 3. The van der Waals surface area contributed by atoms with E-state index in [1.807, 2.05) is 32.4 Å². The molecule has 3 aliphatic rings. The molecule has 0 aromatic carbocycles. The topological polar surface area (TPSA) is 97.2 Å². The Kier molecular flexibility index (Phi) is 5.91. The van der Waals surface area contributed by atoms with Crippen molar-refractivity contribution in [3.63, 3.8) is 0 Å². The molecular weight excluding hydrogens is 414 g/mol. The largest absolute Gasteiger partial charge is 0.468 e. The summed E-state index contributed by atoms with van der Waals surface area (Å²) in [5.74, 6) is -0.234. The number of ether oxygens (including phenoxy) is 2. The Balaban J connectivity index is 1.52. The van der Waals surface area contributed by atoms with Crippen LogP contribution in [0, 0.1) is 0 Å². The molecule has 0 N–H and O–H groups in total. The van der Waals surface area contributed by atoms with Crippen LogP contribution in [0.2, 0.25) is 0 Å². The Morgan fingerprint density at radius 2 is 1.97 bits per heavy atom. The molecule has 3 aliphatic heterocycles. The number of methoxy groups -OCH3 is 1. The number of aromatic nitrogens is 2. The molecule has 1 aromatic heterocycles. The van der Waals surface area contributed by atoms with E-state index in [1.54, 1.807) is 16.0 Å². The van der Waals surface area contributed by atoms with Crippen molar-refractivity contribution in [3.8, 4) is 0 Å². The van der Waals surface area contributed by atoms with Gasteiger partial charge in [-0.05, 0) is 47.1 Å². The van der Waals surface area contributed by atoms with Crippen molar-refractivity contribution in [1.29, 1.82) is 0 Å². The van der Waals surface area contributed by atoms with Crippen LogP contribution in [0.3, 0.4) is 0 Å². The van der Waals surface area contributed by atoms with Gasteiger partial charge in [0.25, 0.3) is 0 Å². The van der Waals surface area contributed by atoms with Gasteiger partial charge in [0.2, 0.25) is 5.91 Å². The summed E-state index contributed by atoms with van der Waals surface area (Å²) < 4.78 is 12.4. The summed E-state index contributed by atoms with van der Waals surface area (Å²) in [4.78, 5) is 43.4. The number of carbonyl (C=O) groups excluding carboxylic acids is 3. The smallest absolute Gasteiger partial charge is 0.410 e. The van der Waals surface area contributed by atoms with E-state index in [1.165, 1.54) is 7.11 Å². The number of hydrogen-bond acceptors (Lipinski definition) is 7. The number of fused-ring (bicyclic) bond motifs is 1. The zero-order valence-electron chi connectivity index (χ0n) is 19.5. The first-order chi connectivity index (χ1) is 15.1. The predicted molar refractivity (Wildman–Crippen MR) is 116 cm³/mol. The van der Waals surface area contributed by atoms with E-state index < -0.39 is 5.60 Å². The Labute approximate surface area is 188 Å². The van der Waals surface area contributed by atoms with E-state index in [0.717, 1.165) is 30.8 Å². The second kappa shape index (κ2) is 8.38. The zero-order valence-corrected chi connectivity index (χ0v) is 19.5. The van der Waals surface area contributed by atoms with Crippen molar-refractivity contribution in [1.82, 2.24) is 19.6 Å². The van der Waals surface area contributed by atoms with Gasteiger partial charge < -0.3 is 14.4 Å². The van der Waals surface area contributed by atoms with Crippen molar-refractivity contribution >= 4 is 23.7 Å². The fourth-order valence-electron chi connectivity index (χ4n) is 4.94. The van der Waals surface area contributed by atoms with Gasteiger partial charge in [-0.25, -0.2) is 4.79 Å². The normalized spacial score (nSPS) is 26.4. The highest BCUT2D eigenvalue weighted by Gasteiger charge is 2.43. The van der Waals surface area contributed by atoms with Crippen molar-refractivity contribution < 1.29 is 23.9 Å². The summed E-state index contributed by atoms with van der Waals surface area (Å²) in [5, 5.41) is 4.49. The lowest BCUT2D eigenvalue weighted by molar-refractivity contribution is -0.146. The number of rotatable bonds is 3.